The number of alkyl halides is 3. The zero-order valence-electron chi connectivity index (χ0n) is 11.2. The second kappa shape index (κ2) is 4.81. The zero-order chi connectivity index (χ0) is 15.0. The van der Waals surface area contributed by atoms with Crippen molar-refractivity contribution >= 4 is 0 Å². The molecule has 0 amide bonds. The van der Waals surface area contributed by atoms with Gasteiger partial charge < -0.3 is 0 Å². The molecule has 0 saturated heterocycles. The summed E-state index contributed by atoms with van der Waals surface area (Å²) in [5, 5.41) is 13.0. The molecule has 2 rings (SSSR count). The van der Waals surface area contributed by atoms with Gasteiger partial charge in [0.2, 0.25) is 5.82 Å². The van der Waals surface area contributed by atoms with Crippen molar-refractivity contribution in [2.45, 2.75) is 32.4 Å². The summed E-state index contributed by atoms with van der Waals surface area (Å²) in [5.41, 5.74) is 1.68. The first-order chi connectivity index (χ1) is 9.18. The molecule has 0 unspecified atom stereocenters. The Kier molecular flexibility index (Phi) is 3.45. The minimum absolute atomic E-state index is 0.00394. The summed E-state index contributed by atoms with van der Waals surface area (Å²) in [6.45, 7) is 6.21. The predicted octanol–water partition coefficient (Wildman–Crippen LogP) is 3.25. The van der Waals surface area contributed by atoms with Crippen LogP contribution in [0.25, 0.3) is 11.4 Å². The summed E-state index contributed by atoms with van der Waals surface area (Å²) in [6, 6.07) is 7.26. The van der Waals surface area contributed by atoms with Crippen LogP contribution in [0, 0.1) is 0 Å². The maximum absolute atomic E-state index is 12.3. The van der Waals surface area contributed by atoms with Gasteiger partial charge in [0.25, 0.3) is 5.82 Å². The summed E-state index contributed by atoms with van der Waals surface area (Å²) in [5.74, 6) is -1.27. The first kappa shape index (κ1) is 14.4. The van der Waals surface area contributed by atoms with Crippen molar-refractivity contribution in [1.29, 1.82) is 0 Å². The van der Waals surface area contributed by atoms with Gasteiger partial charge in [-0.2, -0.15) is 13.2 Å². The van der Waals surface area contributed by atoms with Gasteiger partial charge in [-0.15, -0.1) is 20.4 Å². The molecule has 20 heavy (non-hydrogen) atoms. The molecule has 4 nitrogen and oxygen atoms in total. The van der Waals surface area contributed by atoms with Crippen LogP contribution in [0.1, 0.15) is 32.2 Å². The fourth-order valence-corrected chi connectivity index (χ4v) is 1.58. The zero-order valence-corrected chi connectivity index (χ0v) is 11.2. The van der Waals surface area contributed by atoms with Gasteiger partial charge in [0.15, 0.2) is 0 Å². The lowest BCUT2D eigenvalue weighted by Crippen LogP contribution is -2.14. The highest BCUT2D eigenvalue weighted by atomic mass is 19.4. The van der Waals surface area contributed by atoms with E-state index in [0.29, 0.717) is 5.56 Å². The topological polar surface area (TPSA) is 51.6 Å². The van der Waals surface area contributed by atoms with Crippen molar-refractivity contribution in [1.82, 2.24) is 20.4 Å². The van der Waals surface area contributed by atoms with E-state index in [2.05, 4.69) is 41.2 Å². The molecule has 0 aliphatic carbocycles. The van der Waals surface area contributed by atoms with Crippen LogP contribution in [-0.2, 0) is 11.6 Å². The highest BCUT2D eigenvalue weighted by molar-refractivity contribution is 5.54. The van der Waals surface area contributed by atoms with E-state index in [1.807, 2.05) is 12.1 Å². The van der Waals surface area contributed by atoms with E-state index in [1.54, 1.807) is 12.1 Å². The molecule has 1 aromatic heterocycles. The Labute approximate surface area is 114 Å². The molecule has 0 aliphatic rings. The second-order valence-electron chi connectivity index (χ2n) is 5.37. The predicted molar refractivity (Wildman–Crippen MR) is 66.8 cm³/mol. The Hall–Kier alpha value is -2.05. The number of aromatic nitrogens is 4. The van der Waals surface area contributed by atoms with Crippen molar-refractivity contribution in [2.75, 3.05) is 0 Å². The molecule has 0 N–H and O–H groups in total. The van der Waals surface area contributed by atoms with E-state index in [9.17, 15) is 13.2 Å². The van der Waals surface area contributed by atoms with Crippen molar-refractivity contribution in [3.8, 4) is 11.4 Å². The minimum atomic E-state index is -4.63. The van der Waals surface area contributed by atoms with Crippen molar-refractivity contribution in [3.05, 3.63) is 35.7 Å². The van der Waals surface area contributed by atoms with Gasteiger partial charge in [-0.05, 0) is 11.0 Å². The molecule has 0 fully saturated rings. The average molecular weight is 282 g/mol. The smallest absolute Gasteiger partial charge is 0.163 e. The van der Waals surface area contributed by atoms with Crippen LogP contribution in [-0.4, -0.2) is 20.4 Å². The third-order valence-electron chi connectivity index (χ3n) is 2.74. The lowest BCUT2D eigenvalue weighted by Gasteiger charge is -2.18. The van der Waals surface area contributed by atoms with Crippen molar-refractivity contribution in [3.63, 3.8) is 0 Å². The van der Waals surface area contributed by atoms with E-state index < -0.39 is 12.0 Å². The third kappa shape index (κ3) is 3.09. The quantitative estimate of drug-likeness (QED) is 0.805. The standard InChI is InChI=1S/C13H13F3N4/c1-12(2,3)9-6-4-8(5-7-9)10-17-19-11(20-18-10)13(14,15)16/h4-7H,1-3H3. The molecular formula is C13H13F3N4. The molecule has 0 spiro atoms. The SMILES string of the molecule is CC(C)(C)c1ccc(-c2nnc(C(F)(F)F)nn2)cc1. The summed E-state index contributed by atoms with van der Waals surface area (Å²) in [7, 11) is 0. The molecule has 0 aliphatic heterocycles. The normalized spacial score (nSPS) is 12.5. The van der Waals surface area contributed by atoms with Crippen LogP contribution >= 0.6 is 0 Å². The Morgan fingerprint density at radius 1 is 0.800 bits per heavy atom. The number of nitrogens with zero attached hydrogens (tertiary/aromatic N) is 4. The largest absolute Gasteiger partial charge is 0.455 e. The highest BCUT2D eigenvalue weighted by Crippen LogP contribution is 2.26. The maximum Gasteiger partial charge on any atom is 0.455 e. The fraction of sp³-hybridized carbons (Fsp3) is 0.385. The van der Waals surface area contributed by atoms with Gasteiger partial charge in [-0.1, -0.05) is 45.0 Å². The summed E-state index contributed by atoms with van der Waals surface area (Å²) < 4.78 is 36.9. The van der Waals surface area contributed by atoms with Crippen LogP contribution < -0.4 is 0 Å². The van der Waals surface area contributed by atoms with E-state index >= 15 is 0 Å². The molecule has 0 bridgehead atoms. The lowest BCUT2D eigenvalue weighted by atomic mass is 9.87. The average Bonchev–Trinajstić information content (AvgIpc) is 2.37. The highest BCUT2D eigenvalue weighted by Gasteiger charge is 2.36. The van der Waals surface area contributed by atoms with Gasteiger partial charge in [0, 0.05) is 5.56 Å². The molecule has 7 heteroatoms. The maximum atomic E-state index is 12.3. The molecule has 106 valence electrons. The number of rotatable bonds is 1. The van der Waals surface area contributed by atoms with E-state index in [1.165, 1.54) is 0 Å². The van der Waals surface area contributed by atoms with Gasteiger partial charge in [-0.25, -0.2) is 0 Å². The summed E-state index contributed by atoms with van der Waals surface area (Å²) in [6.07, 6.45) is -4.63. The number of hydrogen-bond donors (Lipinski definition) is 0. The third-order valence-corrected chi connectivity index (χ3v) is 2.74. The summed E-state index contributed by atoms with van der Waals surface area (Å²) >= 11 is 0. The lowest BCUT2D eigenvalue weighted by molar-refractivity contribution is -0.146. The first-order valence-corrected chi connectivity index (χ1v) is 5.93. The fourth-order valence-electron chi connectivity index (χ4n) is 1.58. The van der Waals surface area contributed by atoms with Crippen LogP contribution in [0.5, 0.6) is 0 Å². The Balaban J connectivity index is 2.29. The van der Waals surface area contributed by atoms with Crippen LogP contribution in [0.4, 0.5) is 13.2 Å². The number of benzene rings is 1. The molecule has 0 atom stereocenters. The van der Waals surface area contributed by atoms with E-state index in [0.717, 1.165) is 5.56 Å². The molecular weight excluding hydrogens is 269 g/mol. The molecule has 1 aromatic carbocycles. The Morgan fingerprint density at radius 3 is 1.70 bits per heavy atom. The van der Waals surface area contributed by atoms with Gasteiger partial charge in [-0.3, -0.25) is 0 Å². The van der Waals surface area contributed by atoms with Crippen molar-refractivity contribution < 1.29 is 13.2 Å². The monoisotopic (exact) mass is 282 g/mol. The molecule has 0 radical (unpaired) electrons. The van der Waals surface area contributed by atoms with Crippen LogP contribution in [0.3, 0.4) is 0 Å². The Bertz CT molecular complexity index is 527. The first-order valence-electron chi connectivity index (χ1n) is 5.93. The number of halogens is 3. The van der Waals surface area contributed by atoms with Crippen LogP contribution in [0.15, 0.2) is 24.3 Å². The Morgan fingerprint density at radius 2 is 1.30 bits per heavy atom. The second-order valence-corrected chi connectivity index (χ2v) is 5.37. The van der Waals surface area contributed by atoms with Gasteiger partial charge in [0.05, 0.1) is 0 Å². The molecule has 0 saturated carbocycles. The molecule has 2 aromatic rings. The van der Waals surface area contributed by atoms with E-state index in [-0.39, 0.29) is 11.2 Å². The molecule has 1 heterocycles. The van der Waals surface area contributed by atoms with Crippen LogP contribution in [0.2, 0.25) is 0 Å². The van der Waals surface area contributed by atoms with Gasteiger partial charge in [0.1, 0.15) is 0 Å². The van der Waals surface area contributed by atoms with E-state index in [4.69, 9.17) is 0 Å². The number of hydrogen-bond acceptors (Lipinski definition) is 4. The minimum Gasteiger partial charge on any atom is -0.163 e. The van der Waals surface area contributed by atoms with Crippen molar-refractivity contribution in [2.24, 2.45) is 0 Å². The van der Waals surface area contributed by atoms with Gasteiger partial charge >= 0.3 is 6.18 Å². The summed E-state index contributed by atoms with van der Waals surface area (Å²) in [4.78, 5) is 0.